The lowest BCUT2D eigenvalue weighted by molar-refractivity contribution is 0.306. The Hall–Kier alpha value is -2.24. The molecule has 102 valence electrons. The molecular weight excluding hydrogens is 246 g/mol. The van der Waals surface area contributed by atoms with Crippen LogP contribution in [0.4, 0.5) is 0 Å². The third kappa shape index (κ3) is 4.15. The van der Waals surface area contributed by atoms with Crippen molar-refractivity contribution < 1.29 is 4.74 Å². The fraction of sp³-hybridized carbons (Fsp3) is 0.222. The first-order valence-electron chi connectivity index (χ1n) is 6.66. The monoisotopic (exact) mass is 265 g/mol. The van der Waals surface area contributed by atoms with E-state index in [-0.39, 0.29) is 0 Å². The number of aryl methyl sites for hydroxylation is 2. The lowest BCUT2D eigenvalue weighted by atomic mass is 10.1. The standard InChI is InChI=1S/C18H19NO/c1-14-10-15(2)12-17(11-14)13-20-18-7-5-16(6-8-18)4-3-9-19/h5-8,10-12H,9,13,19H2,1-2H3. The number of benzene rings is 2. The first-order valence-corrected chi connectivity index (χ1v) is 6.66. The molecule has 0 unspecified atom stereocenters. The minimum atomic E-state index is 0.380. The molecule has 0 atom stereocenters. The molecule has 2 rings (SSSR count). The van der Waals surface area contributed by atoms with Gasteiger partial charge >= 0.3 is 0 Å². The number of nitrogens with two attached hydrogens (primary N) is 1. The molecule has 20 heavy (non-hydrogen) atoms. The number of rotatable bonds is 3. The maximum Gasteiger partial charge on any atom is 0.119 e. The van der Waals surface area contributed by atoms with Crippen molar-refractivity contribution in [1.29, 1.82) is 0 Å². The molecule has 0 aliphatic carbocycles. The molecule has 0 amide bonds. The summed E-state index contributed by atoms with van der Waals surface area (Å²) in [5.74, 6) is 6.67. The second-order valence-corrected chi connectivity index (χ2v) is 4.81. The van der Waals surface area contributed by atoms with Crippen LogP contribution in [0.25, 0.3) is 0 Å². The summed E-state index contributed by atoms with van der Waals surface area (Å²) >= 11 is 0. The van der Waals surface area contributed by atoms with Crippen molar-refractivity contribution in [3.05, 3.63) is 64.7 Å². The first-order chi connectivity index (χ1) is 9.67. The molecule has 2 heteroatoms. The second-order valence-electron chi connectivity index (χ2n) is 4.81. The van der Waals surface area contributed by atoms with E-state index in [9.17, 15) is 0 Å². The van der Waals surface area contributed by atoms with E-state index in [2.05, 4.69) is 43.9 Å². The molecule has 2 N–H and O–H groups in total. The highest BCUT2D eigenvalue weighted by Gasteiger charge is 1.98. The fourth-order valence-corrected chi connectivity index (χ4v) is 2.11. The third-order valence-electron chi connectivity index (χ3n) is 2.88. The van der Waals surface area contributed by atoms with E-state index in [0.717, 1.165) is 11.3 Å². The molecule has 2 aromatic carbocycles. The second kappa shape index (κ2) is 6.79. The van der Waals surface area contributed by atoms with Crippen LogP contribution in [-0.2, 0) is 6.61 Å². The largest absolute Gasteiger partial charge is 0.489 e. The summed E-state index contributed by atoms with van der Waals surface area (Å²) in [6, 6.07) is 14.2. The number of ether oxygens (including phenoxy) is 1. The van der Waals surface area contributed by atoms with Gasteiger partial charge in [0.1, 0.15) is 12.4 Å². The summed E-state index contributed by atoms with van der Waals surface area (Å²) in [6.07, 6.45) is 0. The van der Waals surface area contributed by atoms with E-state index >= 15 is 0 Å². The molecule has 0 bridgehead atoms. The van der Waals surface area contributed by atoms with Gasteiger partial charge in [0.15, 0.2) is 0 Å². The number of hydrogen-bond acceptors (Lipinski definition) is 2. The molecule has 0 spiro atoms. The van der Waals surface area contributed by atoms with E-state index in [1.54, 1.807) is 0 Å². The van der Waals surface area contributed by atoms with Gasteiger partial charge < -0.3 is 10.5 Å². The lowest BCUT2D eigenvalue weighted by Gasteiger charge is -2.08. The molecule has 0 saturated heterocycles. The topological polar surface area (TPSA) is 35.2 Å². The van der Waals surface area contributed by atoms with E-state index in [1.165, 1.54) is 16.7 Å². The van der Waals surface area contributed by atoms with Crippen molar-refractivity contribution in [2.45, 2.75) is 20.5 Å². The van der Waals surface area contributed by atoms with Crippen LogP contribution in [0.5, 0.6) is 5.75 Å². The van der Waals surface area contributed by atoms with Gasteiger partial charge in [-0.3, -0.25) is 0 Å². The Morgan fingerprint density at radius 3 is 2.25 bits per heavy atom. The average Bonchev–Trinajstić information content (AvgIpc) is 2.43. The summed E-state index contributed by atoms with van der Waals surface area (Å²) in [7, 11) is 0. The molecule has 2 aromatic rings. The molecule has 2 nitrogen and oxygen atoms in total. The van der Waals surface area contributed by atoms with Crippen LogP contribution < -0.4 is 10.5 Å². The number of hydrogen-bond donors (Lipinski definition) is 1. The molecule has 0 fully saturated rings. The van der Waals surface area contributed by atoms with Gasteiger partial charge in [-0.1, -0.05) is 41.2 Å². The highest BCUT2D eigenvalue weighted by Crippen LogP contribution is 2.15. The molecule has 0 saturated carbocycles. The maximum absolute atomic E-state index is 5.79. The van der Waals surface area contributed by atoms with E-state index in [1.807, 2.05) is 24.3 Å². The minimum absolute atomic E-state index is 0.380. The maximum atomic E-state index is 5.79. The van der Waals surface area contributed by atoms with E-state index in [0.29, 0.717) is 13.2 Å². The van der Waals surface area contributed by atoms with Crippen molar-refractivity contribution in [2.24, 2.45) is 5.73 Å². The molecule has 0 radical (unpaired) electrons. The fourth-order valence-electron chi connectivity index (χ4n) is 2.11. The Morgan fingerprint density at radius 1 is 1.00 bits per heavy atom. The molecule has 0 heterocycles. The van der Waals surface area contributed by atoms with Gasteiger partial charge in [-0.15, -0.1) is 0 Å². The van der Waals surface area contributed by atoms with Gasteiger partial charge in [0, 0.05) is 5.56 Å². The summed E-state index contributed by atoms with van der Waals surface area (Å²) < 4.78 is 5.79. The van der Waals surface area contributed by atoms with Crippen molar-refractivity contribution in [3.8, 4) is 17.6 Å². The Bertz CT molecular complexity index is 612. The highest BCUT2D eigenvalue weighted by molar-refractivity contribution is 5.38. The van der Waals surface area contributed by atoms with Gasteiger partial charge in [0.2, 0.25) is 0 Å². The van der Waals surface area contributed by atoms with Crippen molar-refractivity contribution in [2.75, 3.05) is 6.54 Å². The van der Waals surface area contributed by atoms with Crippen molar-refractivity contribution in [3.63, 3.8) is 0 Å². The van der Waals surface area contributed by atoms with Crippen LogP contribution in [0.15, 0.2) is 42.5 Å². The summed E-state index contributed by atoms with van der Waals surface area (Å²) in [5, 5.41) is 0. The van der Waals surface area contributed by atoms with Gasteiger partial charge in [-0.25, -0.2) is 0 Å². The molecule has 0 aliphatic heterocycles. The molecule has 0 aliphatic rings. The van der Waals surface area contributed by atoms with Crippen LogP contribution in [0.1, 0.15) is 22.3 Å². The zero-order valence-electron chi connectivity index (χ0n) is 11.9. The SMILES string of the molecule is Cc1cc(C)cc(COc2ccc(C#CCN)cc2)c1. The smallest absolute Gasteiger partial charge is 0.119 e. The summed E-state index contributed by atoms with van der Waals surface area (Å²) in [4.78, 5) is 0. The highest BCUT2D eigenvalue weighted by atomic mass is 16.5. The minimum Gasteiger partial charge on any atom is -0.489 e. The van der Waals surface area contributed by atoms with E-state index < -0.39 is 0 Å². The molecule has 0 aromatic heterocycles. The van der Waals surface area contributed by atoms with Crippen LogP contribution >= 0.6 is 0 Å². The van der Waals surface area contributed by atoms with Gasteiger partial charge in [-0.05, 0) is 43.7 Å². The van der Waals surface area contributed by atoms with Crippen LogP contribution in [0, 0.1) is 25.7 Å². The normalized spacial score (nSPS) is 9.75. The third-order valence-corrected chi connectivity index (χ3v) is 2.88. The Kier molecular flexibility index (Phi) is 4.81. The van der Waals surface area contributed by atoms with Crippen LogP contribution in [-0.4, -0.2) is 6.54 Å². The van der Waals surface area contributed by atoms with Crippen molar-refractivity contribution in [1.82, 2.24) is 0 Å². The Morgan fingerprint density at radius 2 is 1.65 bits per heavy atom. The van der Waals surface area contributed by atoms with Gasteiger partial charge in [0.05, 0.1) is 6.54 Å². The predicted octanol–water partition coefficient (Wildman–Crippen LogP) is 3.19. The van der Waals surface area contributed by atoms with Crippen LogP contribution in [0.2, 0.25) is 0 Å². The Balaban J connectivity index is 2.00. The predicted molar refractivity (Wildman–Crippen MR) is 82.6 cm³/mol. The van der Waals surface area contributed by atoms with Crippen LogP contribution in [0.3, 0.4) is 0 Å². The Labute approximate surface area is 120 Å². The zero-order chi connectivity index (χ0) is 14.4. The first kappa shape index (κ1) is 14.2. The summed E-state index contributed by atoms with van der Waals surface area (Å²) in [6.45, 7) is 5.16. The summed E-state index contributed by atoms with van der Waals surface area (Å²) in [5.41, 5.74) is 10.0. The average molecular weight is 265 g/mol. The lowest BCUT2D eigenvalue weighted by Crippen LogP contribution is -1.96. The van der Waals surface area contributed by atoms with Crippen molar-refractivity contribution >= 4 is 0 Å². The van der Waals surface area contributed by atoms with E-state index in [4.69, 9.17) is 10.5 Å². The zero-order valence-corrected chi connectivity index (χ0v) is 11.9. The quantitative estimate of drug-likeness (QED) is 0.865. The van der Waals surface area contributed by atoms with Gasteiger partial charge in [0.25, 0.3) is 0 Å². The van der Waals surface area contributed by atoms with Gasteiger partial charge in [-0.2, -0.15) is 0 Å². The molecular formula is C18H19NO.